The molecule has 7 heteroatoms. The van der Waals surface area contributed by atoms with Crippen LogP contribution in [0.1, 0.15) is 0 Å². The van der Waals surface area contributed by atoms with Crippen LogP contribution in [0.3, 0.4) is 0 Å². The monoisotopic (exact) mass is 244 g/mol. The number of para-hydroxylation sites is 1. The maximum atomic E-state index is 11.9. The normalized spacial score (nSPS) is 11.7. The number of nitrogens with one attached hydrogen (secondary N) is 1. The Morgan fingerprint density at radius 2 is 2.00 bits per heavy atom. The molecule has 1 N–H and O–H groups in total. The summed E-state index contributed by atoms with van der Waals surface area (Å²) < 4.78 is 40.4. The Bertz CT molecular complexity index is 592. The van der Waals surface area contributed by atoms with Crippen LogP contribution in [-0.4, -0.2) is 17.7 Å². The molecule has 1 aromatic heterocycles. The number of hydrogen-bond acceptors (Lipinski definition) is 4. The Hall–Kier alpha value is -2.05. The molecule has 0 radical (unpaired) electrons. The molecule has 90 valence electrons. The van der Waals surface area contributed by atoms with E-state index in [1.807, 2.05) is 5.32 Å². The molecule has 0 aliphatic heterocycles. The standard InChI is InChI=1S/C10H7F3N2O2/c11-10(12,13)5-14-9-15-7-4-2-1-3-6(7)8(16)17-9/h1-4H,5H2,(H,14,15). The summed E-state index contributed by atoms with van der Waals surface area (Å²) in [4.78, 5) is 15.2. The van der Waals surface area contributed by atoms with Gasteiger partial charge in [-0.25, -0.2) is 4.79 Å². The maximum absolute atomic E-state index is 11.9. The van der Waals surface area contributed by atoms with Crippen molar-refractivity contribution in [2.24, 2.45) is 0 Å². The van der Waals surface area contributed by atoms with Gasteiger partial charge >= 0.3 is 11.8 Å². The van der Waals surface area contributed by atoms with Crippen molar-refractivity contribution in [3.63, 3.8) is 0 Å². The summed E-state index contributed by atoms with van der Waals surface area (Å²) in [5.74, 6) is 0. The molecule has 0 amide bonds. The molecule has 4 nitrogen and oxygen atoms in total. The minimum Gasteiger partial charge on any atom is -0.389 e. The van der Waals surface area contributed by atoms with Crippen LogP contribution < -0.4 is 10.9 Å². The fraction of sp³-hybridized carbons (Fsp3) is 0.200. The zero-order valence-electron chi connectivity index (χ0n) is 8.41. The fourth-order valence-corrected chi connectivity index (χ4v) is 1.27. The van der Waals surface area contributed by atoms with E-state index >= 15 is 0 Å². The average molecular weight is 244 g/mol. The minimum atomic E-state index is -4.40. The van der Waals surface area contributed by atoms with Crippen LogP contribution in [0.4, 0.5) is 19.2 Å². The number of benzene rings is 1. The van der Waals surface area contributed by atoms with Gasteiger partial charge in [-0.1, -0.05) is 12.1 Å². The molecule has 17 heavy (non-hydrogen) atoms. The van der Waals surface area contributed by atoms with E-state index < -0.39 is 24.4 Å². The summed E-state index contributed by atoms with van der Waals surface area (Å²) in [5.41, 5.74) is -0.436. The topological polar surface area (TPSA) is 55.1 Å². The van der Waals surface area contributed by atoms with Gasteiger partial charge in [0.15, 0.2) is 0 Å². The third kappa shape index (κ3) is 2.74. The van der Waals surface area contributed by atoms with Crippen LogP contribution in [0.15, 0.2) is 33.5 Å². The first-order valence-corrected chi connectivity index (χ1v) is 4.66. The van der Waals surface area contributed by atoms with E-state index in [9.17, 15) is 18.0 Å². The van der Waals surface area contributed by atoms with E-state index in [-0.39, 0.29) is 10.9 Å². The van der Waals surface area contributed by atoms with Crippen molar-refractivity contribution in [2.75, 3.05) is 11.9 Å². The van der Waals surface area contributed by atoms with Gasteiger partial charge in [-0.05, 0) is 12.1 Å². The van der Waals surface area contributed by atoms with Gasteiger partial charge in [-0.15, -0.1) is 0 Å². The van der Waals surface area contributed by atoms with Gasteiger partial charge in [0.2, 0.25) is 0 Å². The van der Waals surface area contributed by atoms with Gasteiger partial charge in [-0.2, -0.15) is 18.2 Å². The number of hydrogen-bond donors (Lipinski definition) is 1. The maximum Gasteiger partial charge on any atom is 0.405 e. The summed E-state index contributed by atoms with van der Waals surface area (Å²) in [5, 5.41) is 2.14. The number of rotatable bonds is 2. The third-order valence-electron chi connectivity index (χ3n) is 1.98. The van der Waals surface area contributed by atoms with Crippen molar-refractivity contribution in [3.8, 4) is 0 Å². The van der Waals surface area contributed by atoms with Crippen molar-refractivity contribution in [2.45, 2.75) is 6.18 Å². The number of nitrogens with zero attached hydrogens (tertiary/aromatic N) is 1. The Balaban J connectivity index is 2.34. The highest BCUT2D eigenvalue weighted by atomic mass is 19.4. The SMILES string of the molecule is O=c1oc(NCC(F)(F)F)nc2ccccc12. The summed E-state index contributed by atoms with van der Waals surface area (Å²) in [7, 11) is 0. The second-order valence-corrected chi connectivity index (χ2v) is 3.29. The van der Waals surface area contributed by atoms with Crippen LogP contribution in [0.5, 0.6) is 0 Å². The van der Waals surface area contributed by atoms with Gasteiger partial charge in [0.05, 0.1) is 10.9 Å². The Labute approximate surface area is 93.1 Å². The molecule has 0 unspecified atom stereocenters. The average Bonchev–Trinajstić information content (AvgIpc) is 2.26. The number of halogens is 3. The van der Waals surface area contributed by atoms with Gasteiger partial charge < -0.3 is 9.73 Å². The molecule has 1 heterocycles. The first-order chi connectivity index (χ1) is 7.96. The zero-order valence-corrected chi connectivity index (χ0v) is 8.41. The lowest BCUT2D eigenvalue weighted by Gasteiger charge is -2.07. The van der Waals surface area contributed by atoms with Crippen LogP contribution in [0.25, 0.3) is 10.9 Å². The molecule has 2 aromatic rings. The fourth-order valence-electron chi connectivity index (χ4n) is 1.27. The smallest absolute Gasteiger partial charge is 0.389 e. The minimum absolute atomic E-state index is 0.227. The predicted molar refractivity (Wildman–Crippen MR) is 54.8 cm³/mol. The third-order valence-corrected chi connectivity index (χ3v) is 1.98. The number of anilines is 1. The number of alkyl halides is 3. The van der Waals surface area contributed by atoms with Crippen molar-refractivity contribution in [3.05, 3.63) is 34.7 Å². The first kappa shape index (κ1) is 11.4. The summed E-state index contributed by atoms with van der Waals surface area (Å²) in [6.45, 7) is -1.30. The lowest BCUT2D eigenvalue weighted by molar-refractivity contribution is -0.115. The molecule has 0 fully saturated rings. The van der Waals surface area contributed by atoms with E-state index in [1.165, 1.54) is 12.1 Å². The highest BCUT2D eigenvalue weighted by molar-refractivity contribution is 5.77. The van der Waals surface area contributed by atoms with Crippen LogP contribution in [-0.2, 0) is 0 Å². The van der Waals surface area contributed by atoms with E-state index in [0.717, 1.165) is 0 Å². The predicted octanol–water partition coefficient (Wildman–Crippen LogP) is 2.16. The summed E-state index contributed by atoms with van der Waals surface area (Å²) in [6, 6.07) is 5.81. The zero-order chi connectivity index (χ0) is 12.5. The Morgan fingerprint density at radius 1 is 1.29 bits per heavy atom. The molecular weight excluding hydrogens is 237 g/mol. The lowest BCUT2D eigenvalue weighted by Crippen LogP contribution is -2.22. The van der Waals surface area contributed by atoms with Gasteiger partial charge in [-0.3, -0.25) is 0 Å². The van der Waals surface area contributed by atoms with Gasteiger partial charge in [0, 0.05) is 0 Å². The molecule has 1 aromatic carbocycles. The molecular formula is C10H7F3N2O2. The van der Waals surface area contributed by atoms with Gasteiger partial charge in [0.1, 0.15) is 6.54 Å². The van der Waals surface area contributed by atoms with Crippen molar-refractivity contribution in [1.82, 2.24) is 4.98 Å². The van der Waals surface area contributed by atoms with E-state index in [0.29, 0.717) is 0 Å². The van der Waals surface area contributed by atoms with Crippen LogP contribution in [0.2, 0.25) is 0 Å². The molecule has 0 saturated heterocycles. The molecule has 0 bridgehead atoms. The summed E-state index contributed by atoms with van der Waals surface area (Å²) >= 11 is 0. The van der Waals surface area contributed by atoms with Crippen LogP contribution in [0, 0.1) is 0 Å². The van der Waals surface area contributed by atoms with Crippen molar-refractivity contribution < 1.29 is 17.6 Å². The quantitative estimate of drug-likeness (QED) is 0.879. The van der Waals surface area contributed by atoms with Crippen molar-refractivity contribution >= 4 is 16.9 Å². The second-order valence-electron chi connectivity index (χ2n) is 3.29. The van der Waals surface area contributed by atoms with E-state index in [1.54, 1.807) is 12.1 Å². The van der Waals surface area contributed by atoms with E-state index in [2.05, 4.69) is 9.40 Å². The Morgan fingerprint density at radius 3 is 2.71 bits per heavy atom. The van der Waals surface area contributed by atoms with Crippen molar-refractivity contribution in [1.29, 1.82) is 0 Å². The molecule has 2 rings (SSSR count). The molecule has 0 atom stereocenters. The highest BCUT2D eigenvalue weighted by Gasteiger charge is 2.27. The lowest BCUT2D eigenvalue weighted by atomic mass is 10.2. The van der Waals surface area contributed by atoms with Gasteiger partial charge in [0.25, 0.3) is 6.01 Å². The Kier molecular flexibility index (Phi) is 2.74. The largest absolute Gasteiger partial charge is 0.405 e. The van der Waals surface area contributed by atoms with Crippen LogP contribution >= 0.6 is 0 Å². The molecule has 0 saturated carbocycles. The van der Waals surface area contributed by atoms with E-state index in [4.69, 9.17) is 0 Å². The highest BCUT2D eigenvalue weighted by Crippen LogP contribution is 2.16. The first-order valence-electron chi connectivity index (χ1n) is 4.66. The molecule has 0 aliphatic carbocycles. The molecule has 0 spiro atoms. The number of aromatic nitrogens is 1. The second kappa shape index (κ2) is 4.08. The molecule has 0 aliphatic rings. The number of fused-ring (bicyclic) bond motifs is 1. The summed E-state index contributed by atoms with van der Waals surface area (Å²) in [6.07, 6.45) is -4.40.